The second kappa shape index (κ2) is 7.95. The molecule has 1 saturated heterocycles. The number of hydrogen-bond donors (Lipinski definition) is 0. The van der Waals surface area contributed by atoms with Gasteiger partial charge in [0.15, 0.2) is 0 Å². The Morgan fingerprint density at radius 1 is 1.00 bits per heavy atom. The summed E-state index contributed by atoms with van der Waals surface area (Å²) in [5.41, 5.74) is 3.22. The highest BCUT2D eigenvalue weighted by Crippen LogP contribution is 2.23. The van der Waals surface area contributed by atoms with Crippen LogP contribution in [0.15, 0.2) is 54.6 Å². The third-order valence-corrected chi connectivity index (χ3v) is 5.24. The van der Waals surface area contributed by atoms with Crippen LogP contribution in [-0.4, -0.2) is 53.9 Å². The standard InChI is InChI=1S/C22H23FN4O2/c1-25-21(15-20(24-25)16-3-9-19(29-2)10-4-16)22(28)27-13-11-26(12-14-27)18-7-5-17(23)6-8-18/h3-10,15H,11-14H2,1-2H3. The fraction of sp³-hybridized carbons (Fsp3) is 0.273. The van der Waals surface area contributed by atoms with Crippen molar-refractivity contribution in [1.29, 1.82) is 0 Å². The van der Waals surface area contributed by atoms with Gasteiger partial charge in [0.1, 0.15) is 17.3 Å². The van der Waals surface area contributed by atoms with E-state index in [1.807, 2.05) is 35.2 Å². The first-order valence-electron chi connectivity index (χ1n) is 9.53. The number of nitrogens with zero attached hydrogens (tertiary/aromatic N) is 4. The van der Waals surface area contributed by atoms with E-state index in [9.17, 15) is 9.18 Å². The maximum absolute atomic E-state index is 13.1. The lowest BCUT2D eigenvalue weighted by Gasteiger charge is -2.36. The maximum Gasteiger partial charge on any atom is 0.272 e. The molecule has 1 aliphatic rings. The molecule has 3 aromatic rings. The van der Waals surface area contributed by atoms with Crippen LogP contribution in [0.3, 0.4) is 0 Å². The molecule has 2 heterocycles. The van der Waals surface area contributed by atoms with Crippen LogP contribution < -0.4 is 9.64 Å². The zero-order valence-electron chi connectivity index (χ0n) is 16.5. The van der Waals surface area contributed by atoms with E-state index in [0.717, 1.165) is 22.7 Å². The molecule has 1 fully saturated rings. The average Bonchev–Trinajstić information content (AvgIpc) is 3.15. The molecule has 0 radical (unpaired) electrons. The quantitative estimate of drug-likeness (QED) is 0.682. The minimum atomic E-state index is -0.244. The average molecular weight is 394 g/mol. The molecule has 2 aromatic carbocycles. The SMILES string of the molecule is COc1ccc(-c2cc(C(=O)N3CCN(c4ccc(F)cc4)CC3)n(C)n2)cc1. The van der Waals surface area contributed by atoms with E-state index in [1.54, 1.807) is 31.0 Å². The van der Waals surface area contributed by atoms with Crippen LogP contribution >= 0.6 is 0 Å². The third-order valence-electron chi connectivity index (χ3n) is 5.24. The van der Waals surface area contributed by atoms with E-state index < -0.39 is 0 Å². The second-order valence-corrected chi connectivity index (χ2v) is 7.02. The molecule has 0 aliphatic carbocycles. The Morgan fingerprint density at radius 3 is 2.28 bits per heavy atom. The molecule has 0 N–H and O–H groups in total. The molecule has 29 heavy (non-hydrogen) atoms. The van der Waals surface area contributed by atoms with Gasteiger partial charge in [-0.05, 0) is 54.6 Å². The molecule has 0 bridgehead atoms. The van der Waals surface area contributed by atoms with Gasteiger partial charge in [-0.25, -0.2) is 4.39 Å². The van der Waals surface area contributed by atoms with Crippen molar-refractivity contribution in [3.63, 3.8) is 0 Å². The number of amides is 1. The van der Waals surface area contributed by atoms with Crippen LogP contribution in [0.5, 0.6) is 5.75 Å². The summed E-state index contributed by atoms with van der Waals surface area (Å²) in [6.45, 7) is 2.64. The summed E-state index contributed by atoms with van der Waals surface area (Å²) < 4.78 is 19.9. The van der Waals surface area contributed by atoms with E-state index in [0.29, 0.717) is 31.9 Å². The summed E-state index contributed by atoms with van der Waals surface area (Å²) in [5, 5.41) is 4.51. The van der Waals surface area contributed by atoms with Gasteiger partial charge in [0.05, 0.1) is 12.8 Å². The Balaban J connectivity index is 1.44. The first-order valence-corrected chi connectivity index (χ1v) is 9.53. The zero-order valence-corrected chi connectivity index (χ0v) is 16.5. The number of anilines is 1. The molecule has 150 valence electrons. The number of ether oxygens (including phenoxy) is 1. The molecule has 0 saturated carbocycles. The Bertz CT molecular complexity index is 991. The molecule has 7 heteroatoms. The summed E-state index contributed by atoms with van der Waals surface area (Å²) in [7, 11) is 3.41. The second-order valence-electron chi connectivity index (χ2n) is 7.02. The van der Waals surface area contributed by atoms with Gasteiger partial charge in [0, 0.05) is 44.5 Å². The van der Waals surface area contributed by atoms with E-state index in [1.165, 1.54) is 12.1 Å². The van der Waals surface area contributed by atoms with E-state index >= 15 is 0 Å². The van der Waals surface area contributed by atoms with Crippen LogP contribution in [0.1, 0.15) is 10.5 Å². The zero-order chi connectivity index (χ0) is 20.4. The fourth-order valence-electron chi connectivity index (χ4n) is 3.55. The van der Waals surface area contributed by atoms with Gasteiger partial charge in [-0.15, -0.1) is 0 Å². The molecule has 4 rings (SSSR count). The monoisotopic (exact) mass is 394 g/mol. The van der Waals surface area contributed by atoms with Gasteiger partial charge >= 0.3 is 0 Å². The van der Waals surface area contributed by atoms with Crippen LogP contribution in [0.2, 0.25) is 0 Å². The molecular weight excluding hydrogens is 371 g/mol. The third kappa shape index (κ3) is 3.94. The summed E-state index contributed by atoms with van der Waals surface area (Å²) in [6.07, 6.45) is 0. The molecule has 0 unspecified atom stereocenters. The van der Waals surface area contributed by atoms with Crippen molar-refractivity contribution in [2.45, 2.75) is 0 Å². The number of methoxy groups -OCH3 is 1. The maximum atomic E-state index is 13.1. The summed E-state index contributed by atoms with van der Waals surface area (Å²) in [5.74, 6) is 0.505. The van der Waals surface area contributed by atoms with Crippen molar-refractivity contribution in [3.05, 3.63) is 66.1 Å². The number of carbonyl (C=O) groups is 1. The molecule has 6 nitrogen and oxygen atoms in total. The van der Waals surface area contributed by atoms with Crippen molar-refractivity contribution in [2.24, 2.45) is 7.05 Å². The Kier molecular flexibility index (Phi) is 5.20. The van der Waals surface area contributed by atoms with Crippen molar-refractivity contribution in [2.75, 3.05) is 38.2 Å². The van der Waals surface area contributed by atoms with Crippen molar-refractivity contribution in [3.8, 4) is 17.0 Å². The first-order chi connectivity index (χ1) is 14.0. The minimum absolute atomic E-state index is 0.0292. The van der Waals surface area contributed by atoms with Crippen LogP contribution in [0, 0.1) is 5.82 Å². The number of aryl methyl sites for hydroxylation is 1. The summed E-state index contributed by atoms with van der Waals surface area (Å²) in [4.78, 5) is 17.0. The number of hydrogen-bond acceptors (Lipinski definition) is 4. The lowest BCUT2D eigenvalue weighted by molar-refractivity contribution is 0.0735. The van der Waals surface area contributed by atoms with Crippen LogP contribution in [-0.2, 0) is 7.05 Å². The van der Waals surface area contributed by atoms with E-state index in [2.05, 4.69) is 10.00 Å². The molecular formula is C22H23FN4O2. The first kappa shape index (κ1) is 19.0. The lowest BCUT2D eigenvalue weighted by atomic mass is 10.1. The Morgan fingerprint density at radius 2 is 1.66 bits per heavy atom. The molecule has 0 atom stereocenters. The minimum Gasteiger partial charge on any atom is -0.497 e. The lowest BCUT2D eigenvalue weighted by Crippen LogP contribution is -2.49. The van der Waals surface area contributed by atoms with E-state index in [-0.39, 0.29) is 11.7 Å². The van der Waals surface area contributed by atoms with Gasteiger partial charge in [-0.1, -0.05) is 0 Å². The number of benzene rings is 2. The normalized spacial score (nSPS) is 14.2. The number of aromatic nitrogens is 2. The fourth-order valence-corrected chi connectivity index (χ4v) is 3.55. The largest absolute Gasteiger partial charge is 0.497 e. The van der Waals surface area contributed by atoms with Gasteiger partial charge < -0.3 is 14.5 Å². The summed E-state index contributed by atoms with van der Waals surface area (Å²) >= 11 is 0. The van der Waals surface area contributed by atoms with Gasteiger partial charge in [0.25, 0.3) is 5.91 Å². The highest BCUT2D eigenvalue weighted by Gasteiger charge is 2.25. The molecule has 0 spiro atoms. The number of carbonyl (C=O) groups excluding carboxylic acids is 1. The Hall–Kier alpha value is -3.35. The Labute approximate surface area is 169 Å². The predicted octanol–water partition coefficient (Wildman–Crippen LogP) is 3.20. The van der Waals surface area contributed by atoms with Crippen LogP contribution in [0.4, 0.5) is 10.1 Å². The van der Waals surface area contributed by atoms with Crippen molar-refractivity contribution >= 4 is 11.6 Å². The smallest absolute Gasteiger partial charge is 0.272 e. The van der Waals surface area contributed by atoms with Crippen LogP contribution in [0.25, 0.3) is 11.3 Å². The number of piperazine rings is 1. The van der Waals surface area contributed by atoms with Crippen molar-refractivity contribution < 1.29 is 13.9 Å². The predicted molar refractivity (Wildman–Crippen MR) is 110 cm³/mol. The number of rotatable bonds is 4. The van der Waals surface area contributed by atoms with Gasteiger partial charge in [-0.2, -0.15) is 5.10 Å². The van der Waals surface area contributed by atoms with Gasteiger partial charge in [-0.3, -0.25) is 9.48 Å². The molecule has 1 aromatic heterocycles. The highest BCUT2D eigenvalue weighted by molar-refractivity contribution is 5.94. The highest BCUT2D eigenvalue weighted by atomic mass is 19.1. The number of halogens is 1. The van der Waals surface area contributed by atoms with Gasteiger partial charge in [0.2, 0.25) is 0 Å². The summed E-state index contributed by atoms with van der Waals surface area (Å²) in [6, 6.07) is 15.9. The molecule has 1 aliphatic heterocycles. The topological polar surface area (TPSA) is 50.6 Å². The van der Waals surface area contributed by atoms with Crippen molar-refractivity contribution in [1.82, 2.24) is 14.7 Å². The van der Waals surface area contributed by atoms with E-state index in [4.69, 9.17) is 4.74 Å². The molecule has 1 amide bonds.